The summed E-state index contributed by atoms with van der Waals surface area (Å²) < 4.78 is 26.9. The minimum atomic E-state index is -2.91. The third-order valence-corrected chi connectivity index (χ3v) is 9.72. The summed E-state index contributed by atoms with van der Waals surface area (Å²) in [4.78, 5) is 2.32. The Hall–Kier alpha value is -0.760. The van der Waals surface area contributed by atoms with E-state index < -0.39 is 9.84 Å². The minimum absolute atomic E-state index is 0.0667. The second kappa shape index (κ2) is 5.87. The van der Waals surface area contributed by atoms with Gasteiger partial charge in [-0.3, -0.25) is 0 Å². The van der Waals surface area contributed by atoms with E-state index in [2.05, 4.69) is 32.8 Å². The van der Waals surface area contributed by atoms with Gasteiger partial charge < -0.3 is 9.47 Å². The van der Waals surface area contributed by atoms with Gasteiger partial charge in [-0.05, 0) is 19.1 Å². The van der Waals surface area contributed by atoms with Gasteiger partial charge in [-0.25, -0.2) is 8.42 Å². The van der Waals surface area contributed by atoms with Crippen molar-refractivity contribution in [3.05, 3.63) is 5.82 Å². The third-order valence-electron chi connectivity index (χ3n) is 6.76. The summed E-state index contributed by atoms with van der Waals surface area (Å²) in [7, 11) is -0.865. The van der Waals surface area contributed by atoms with Gasteiger partial charge in [0, 0.05) is 42.6 Å². The highest BCUT2D eigenvalue weighted by Gasteiger charge is 2.66. The zero-order valence-electron chi connectivity index (χ0n) is 15.4. The number of thioether (sulfide) groups is 1. The molecule has 0 amide bonds. The zero-order valence-corrected chi connectivity index (χ0v) is 17.0. The van der Waals surface area contributed by atoms with Crippen LogP contribution in [0.4, 0.5) is 5.95 Å². The van der Waals surface area contributed by atoms with E-state index in [0.29, 0.717) is 16.8 Å². The van der Waals surface area contributed by atoms with E-state index in [4.69, 9.17) is 0 Å². The first-order valence-corrected chi connectivity index (χ1v) is 12.3. The van der Waals surface area contributed by atoms with Gasteiger partial charge in [-0.2, -0.15) is 11.8 Å². The highest BCUT2D eigenvalue weighted by molar-refractivity contribution is 7.99. The van der Waals surface area contributed by atoms with Crippen LogP contribution in [0.15, 0.2) is 0 Å². The van der Waals surface area contributed by atoms with E-state index in [1.165, 1.54) is 0 Å². The Morgan fingerprint density at radius 3 is 2.32 bits per heavy atom. The lowest BCUT2D eigenvalue weighted by Gasteiger charge is -2.41. The second-order valence-electron chi connectivity index (χ2n) is 8.38. The van der Waals surface area contributed by atoms with Crippen molar-refractivity contribution in [1.82, 2.24) is 14.8 Å². The van der Waals surface area contributed by atoms with Crippen LogP contribution in [-0.2, 0) is 23.3 Å². The molecule has 1 saturated carbocycles. The van der Waals surface area contributed by atoms with E-state index in [0.717, 1.165) is 57.0 Å². The molecule has 1 aromatic heterocycles. The normalized spacial score (nSPS) is 34.8. The van der Waals surface area contributed by atoms with Gasteiger partial charge in [-0.15, -0.1) is 10.2 Å². The number of hydrogen-bond acceptors (Lipinski definition) is 6. The first kappa shape index (κ1) is 17.6. The average molecular weight is 385 g/mol. The highest BCUT2D eigenvalue weighted by atomic mass is 32.2. The molecule has 4 rings (SSSR count). The molecule has 0 radical (unpaired) electrons. The van der Waals surface area contributed by atoms with Gasteiger partial charge in [-0.1, -0.05) is 19.8 Å². The molecule has 3 heterocycles. The maximum Gasteiger partial charge on any atom is 0.227 e. The fourth-order valence-electron chi connectivity index (χ4n) is 5.46. The van der Waals surface area contributed by atoms with Crippen molar-refractivity contribution in [2.24, 2.45) is 17.9 Å². The summed E-state index contributed by atoms with van der Waals surface area (Å²) in [5, 5.41) is 9.42. The van der Waals surface area contributed by atoms with Crippen molar-refractivity contribution in [3.8, 4) is 0 Å². The van der Waals surface area contributed by atoms with Crippen molar-refractivity contribution >= 4 is 27.5 Å². The summed E-state index contributed by atoms with van der Waals surface area (Å²) in [5.41, 5.74) is -0.133. The molecule has 140 valence electrons. The molecule has 3 atom stereocenters. The predicted octanol–water partition coefficient (Wildman–Crippen LogP) is 1.90. The summed E-state index contributed by atoms with van der Waals surface area (Å²) in [5.74, 6) is 2.66. The van der Waals surface area contributed by atoms with E-state index in [-0.39, 0.29) is 10.8 Å². The van der Waals surface area contributed by atoms with E-state index in [1.807, 2.05) is 18.8 Å². The van der Waals surface area contributed by atoms with Crippen LogP contribution in [-0.4, -0.2) is 59.3 Å². The van der Waals surface area contributed by atoms with E-state index in [1.54, 1.807) is 0 Å². The van der Waals surface area contributed by atoms with Crippen molar-refractivity contribution in [3.63, 3.8) is 0 Å². The van der Waals surface area contributed by atoms with Crippen LogP contribution in [0.1, 0.15) is 38.4 Å². The summed E-state index contributed by atoms with van der Waals surface area (Å²) in [6.07, 6.45) is 7.41. The van der Waals surface area contributed by atoms with Gasteiger partial charge in [0.15, 0.2) is 9.84 Å². The summed E-state index contributed by atoms with van der Waals surface area (Å²) in [6.45, 7) is 3.84. The first-order valence-electron chi connectivity index (χ1n) is 9.16. The Bertz CT molecular complexity index is 748. The zero-order chi connectivity index (χ0) is 17.9. The van der Waals surface area contributed by atoms with E-state index in [9.17, 15) is 8.42 Å². The molecule has 0 spiro atoms. The molecule has 0 aromatic carbocycles. The van der Waals surface area contributed by atoms with Crippen LogP contribution in [0.5, 0.6) is 0 Å². The molecule has 3 aliphatic rings. The number of sulfone groups is 1. The molecular weight excluding hydrogens is 356 g/mol. The van der Waals surface area contributed by atoms with Gasteiger partial charge >= 0.3 is 0 Å². The van der Waals surface area contributed by atoms with Crippen LogP contribution in [0.2, 0.25) is 0 Å². The van der Waals surface area contributed by atoms with E-state index >= 15 is 0 Å². The monoisotopic (exact) mass is 384 g/mol. The quantitative estimate of drug-likeness (QED) is 0.790. The topological polar surface area (TPSA) is 68.1 Å². The molecule has 1 aliphatic carbocycles. The lowest BCUT2D eigenvalue weighted by Crippen LogP contribution is -2.42. The molecule has 25 heavy (non-hydrogen) atoms. The third kappa shape index (κ3) is 2.71. The largest absolute Gasteiger partial charge is 0.340 e. The lowest BCUT2D eigenvalue weighted by atomic mass is 9.60. The molecular formula is C17H28N4O2S2. The van der Waals surface area contributed by atoms with Crippen LogP contribution < -0.4 is 4.90 Å². The number of nitrogens with zero attached hydrogens (tertiary/aromatic N) is 4. The van der Waals surface area contributed by atoms with Crippen molar-refractivity contribution < 1.29 is 8.42 Å². The number of rotatable bonds is 4. The van der Waals surface area contributed by atoms with Crippen molar-refractivity contribution in [2.45, 2.75) is 44.3 Å². The molecule has 0 bridgehead atoms. The standard InChI is InChI=1S/C17H28N4O2S2/c1-13(24-3)8-14-18-19-15(20(14)2)21-9-16-6-4-5-7-17(16,10-21)12-25(22,23)11-16/h13H,4-12H2,1-3H3. The average Bonchev–Trinajstić information content (AvgIpc) is 3.11. The first-order chi connectivity index (χ1) is 11.8. The summed E-state index contributed by atoms with van der Waals surface area (Å²) >= 11 is 1.84. The number of aromatic nitrogens is 3. The van der Waals surface area contributed by atoms with Gasteiger partial charge in [0.25, 0.3) is 0 Å². The Kier molecular flexibility index (Phi) is 4.15. The highest BCUT2D eigenvalue weighted by Crippen LogP contribution is 2.61. The van der Waals surface area contributed by atoms with Crippen LogP contribution in [0.3, 0.4) is 0 Å². The summed E-state index contributed by atoms with van der Waals surface area (Å²) in [6, 6.07) is 0. The fraction of sp³-hybridized carbons (Fsp3) is 0.882. The maximum atomic E-state index is 12.4. The molecule has 2 aliphatic heterocycles. The van der Waals surface area contributed by atoms with Gasteiger partial charge in [0.1, 0.15) is 5.82 Å². The molecule has 3 fully saturated rings. The Morgan fingerprint density at radius 1 is 1.16 bits per heavy atom. The number of anilines is 1. The predicted molar refractivity (Wildman–Crippen MR) is 102 cm³/mol. The van der Waals surface area contributed by atoms with Crippen LogP contribution in [0.25, 0.3) is 0 Å². The van der Waals surface area contributed by atoms with Crippen molar-refractivity contribution in [1.29, 1.82) is 0 Å². The van der Waals surface area contributed by atoms with Crippen LogP contribution in [0, 0.1) is 10.8 Å². The van der Waals surface area contributed by atoms with Gasteiger partial charge in [0.05, 0.1) is 11.5 Å². The molecule has 8 heteroatoms. The lowest BCUT2D eigenvalue weighted by molar-refractivity contribution is 0.0945. The van der Waals surface area contributed by atoms with Crippen molar-refractivity contribution in [2.75, 3.05) is 35.8 Å². The molecule has 1 aromatic rings. The Morgan fingerprint density at radius 2 is 1.76 bits per heavy atom. The Balaban J connectivity index is 1.63. The van der Waals surface area contributed by atoms with Gasteiger partial charge in [0.2, 0.25) is 5.95 Å². The minimum Gasteiger partial charge on any atom is -0.340 e. The molecule has 6 nitrogen and oxygen atoms in total. The smallest absolute Gasteiger partial charge is 0.227 e. The fourth-order valence-corrected chi connectivity index (χ4v) is 8.64. The molecule has 2 saturated heterocycles. The number of hydrogen-bond donors (Lipinski definition) is 0. The maximum absolute atomic E-state index is 12.4. The second-order valence-corrected chi connectivity index (χ2v) is 11.7. The molecule has 0 N–H and O–H groups in total. The molecule has 3 unspecified atom stereocenters. The SMILES string of the molecule is CSC(C)Cc1nnc(N2CC34CCCCC3(C2)CS(=O)(=O)C4)n1C. The Labute approximate surface area is 154 Å². The van der Waals surface area contributed by atoms with Crippen LogP contribution >= 0.6 is 11.8 Å².